The fourth-order valence-electron chi connectivity index (χ4n) is 2.78. The van der Waals surface area contributed by atoms with E-state index in [1.807, 2.05) is 0 Å². The van der Waals surface area contributed by atoms with Crippen LogP contribution in [0.3, 0.4) is 0 Å². The molecule has 0 aromatic carbocycles. The number of aliphatic hydroxyl groups is 3. The Morgan fingerprint density at radius 3 is 2.62 bits per heavy atom. The molecule has 3 N–H and O–H groups in total. The summed E-state index contributed by atoms with van der Waals surface area (Å²) >= 11 is 0. The number of aliphatic hydroxyl groups excluding tert-OH is 2. The molecule has 1 saturated heterocycles. The summed E-state index contributed by atoms with van der Waals surface area (Å²) in [4.78, 5) is 0. The van der Waals surface area contributed by atoms with E-state index in [0.717, 1.165) is 12.8 Å². The first-order valence-electron chi connectivity index (χ1n) is 4.76. The van der Waals surface area contributed by atoms with Gasteiger partial charge in [0.05, 0.1) is 13.2 Å². The molecule has 2 bridgehead atoms. The molecule has 1 aliphatic carbocycles. The van der Waals surface area contributed by atoms with Crippen molar-refractivity contribution in [2.24, 2.45) is 5.92 Å². The largest absolute Gasteiger partial charge is 0.396 e. The molecule has 1 saturated carbocycles. The molecule has 1 aliphatic heterocycles. The average Bonchev–Trinajstić information content (AvgIpc) is 2.57. The predicted octanol–water partition coefficient (Wildman–Crippen LogP) is -0.729. The molecular formula is C9H16O4. The van der Waals surface area contributed by atoms with Crippen LogP contribution in [0.25, 0.3) is 0 Å². The van der Waals surface area contributed by atoms with Gasteiger partial charge in [0.1, 0.15) is 11.2 Å². The Labute approximate surface area is 77.1 Å². The van der Waals surface area contributed by atoms with E-state index in [-0.39, 0.29) is 19.1 Å². The molecule has 0 aromatic rings. The van der Waals surface area contributed by atoms with Crippen LogP contribution in [0.4, 0.5) is 0 Å². The Balaban J connectivity index is 2.26. The van der Waals surface area contributed by atoms with Crippen LogP contribution in [-0.4, -0.2) is 46.3 Å². The number of fused-ring (bicyclic) bond motifs is 2. The first-order chi connectivity index (χ1) is 6.18. The zero-order chi connectivity index (χ0) is 9.53. The third kappa shape index (κ3) is 1.00. The van der Waals surface area contributed by atoms with E-state index in [0.29, 0.717) is 13.0 Å². The number of rotatable bonds is 3. The van der Waals surface area contributed by atoms with Gasteiger partial charge in [-0.2, -0.15) is 0 Å². The first-order valence-corrected chi connectivity index (χ1v) is 4.76. The highest BCUT2D eigenvalue weighted by Gasteiger charge is 2.64. The van der Waals surface area contributed by atoms with Crippen LogP contribution in [0, 0.1) is 5.92 Å². The fraction of sp³-hybridized carbons (Fsp3) is 1.00. The molecule has 76 valence electrons. The number of hydrogen-bond donors (Lipinski definition) is 3. The molecule has 1 heterocycles. The van der Waals surface area contributed by atoms with Gasteiger partial charge >= 0.3 is 0 Å². The van der Waals surface area contributed by atoms with Gasteiger partial charge in [-0.3, -0.25) is 0 Å². The highest BCUT2D eigenvalue weighted by atomic mass is 16.5. The smallest absolute Gasteiger partial charge is 0.122 e. The zero-order valence-electron chi connectivity index (χ0n) is 7.57. The second-order valence-corrected chi connectivity index (χ2v) is 4.10. The first kappa shape index (κ1) is 9.40. The second-order valence-electron chi connectivity index (χ2n) is 4.10. The Morgan fingerprint density at radius 1 is 1.38 bits per heavy atom. The van der Waals surface area contributed by atoms with E-state index >= 15 is 0 Å². The normalized spacial score (nSPS) is 48.7. The third-order valence-corrected chi connectivity index (χ3v) is 3.68. The van der Waals surface area contributed by atoms with E-state index in [4.69, 9.17) is 9.84 Å². The summed E-state index contributed by atoms with van der Waals surface area (Å²) in [5.74, 6) is 0.0454. The van der Waals surface area contributed by atoms with Crippen LogP contribution in [0.5, 0.6) is 0 Å². The van der Waals surface area contributed by atoms with E-state index in [2.05, 4.69) is 0 Å². The predicted molar refractivity (Wildman–Crippen MR) is 45.1 cm³/mol. The van der Waals surface area contributed by atoms with Crippen molar-refractivity contribution >= 4 is 0 Å². The van der Waals surface area contributed by atoms with Crippen LogP contribution >= 0.6 is 0 Å². The Bertz CT molecular complexity index is 198. The quantitative estimate of drug-likeness (QED) is 0.546. The monoisotopic (exact) mass is 188 g/mol. The van der Waals surface area contributed by atoms with E-state index < -0.39 is 11.2 Å². The summed E-state index contributed by atoms with van der Waals surface area (Å²) in [6.07, 6.45) is 2.05. The van der Waals surface area contributed by atoms with Gasteiger partial charge in [0.2, 0.25) is 0 Å². The van der Waals surface area contributed by atoms with Crippen LogP contribution in [0.1, 0.15) is 19.3 Å². The topological polar surface area (TPSA) is 69.9 Å². The Morgan fingerprint density at radius 2 is 2.15 bits per heavy atom. The minimum atomic E-state index is -1.12. The highest BCUT2D eigenvalue weighted by Crippen LogP contribution is 2.53. The van der Waals surface area contributed by atoms with Crippen molar-refractivity contribution in [2.45, 2.75) is 30.5 Å². The Kier molecular flexibility index (Phi) is 2.11. The van der Waals surface area contributed by atoms with Crippen LogP contribution in [0.15, 0.2) is 0 Å². The van der Waals surface area contributed by atoms with Crippen molar-refractivity contribution in [3.8, 4) is 0 Å². The standard InChI is InChI=1S/C9H16O4/c10-4-3-8-2-1-7(5-13-8)9(8,12)6-11/h7,10-12H,1-6H2. The molecule has 13 heavy (non-hydrogen) atoms. The third-order valence-electron chi connectivity index (χ3n) is 3.68. The molecule has 2 rings (SSSR count). The van der Waals surface area contributed by atoms with Gasteiger partial charge in [0.15, 0.2) is 0 Å². The molecule has 0 radical (unpaired) electrons. The second kappa shape index (κ2) is 2.92. The van der Waals surface area contributed by atoms with Crippen molar-refractivity contribution in [1.29, 1.82) is 0 Å². The molecule has 3 atom stereocenters. The maximum atomic E-state index is 10.2. The van der Waals surface area contributed by atoms with Crippen LogP contribution in [-0.2, 0) is 4.74 Å². The van der Waals surface area contributed by atoms with E-state index in [9.17, 15) is 10.2 Å². The van der Waals surface area contributed by atoms with Crippen molar-refractivity contribution in [3.05, 3.63) is 0 Å². The summed E-state index contributed by atoms with van der Waals surface area (Å²) in [5.41, 5.74) is -1.79. The summed E-state index contributed by atoms with van der Waals surface area (Å²) in [6, 6.07) is 0. The lowest BCUT2D eigenvalue weighted by Crippen LogP contribution is -2.52. The molecule has 0 spiro atoms. The van der Waals surface area contributed by atoms with Crippen LogP contribution < -0.4 is 0 Å². The van der Waals surface area contributed by atoms with Gasteiger partial charge in [-0.25, -0.2) is 0 Å². The van der Waals surface area contributed by atoms with Crippen LogP contribution in [0.2, 0.25) is 0 Å². The number of hydrogen-bond acceptors (Lipinski definition) is 4. The van der Waals surface area contributed by atoms with Crippen molar-refractivity contribution in [2.75, 3.05) is 19.8 Å². The van der Waals surface area contributed by atoms with Gasteiger partial charge in [0.25, 0.3) is 0 Å². The summed E-state index contributed by atoms with van der Waals surface area (Å²) < 4.78 is 5.52. The summed E-state index contributed by atoms with van der Waals surface area (Å²) in [5, 5.41) is 28.3. The number of ether oxygens (including phenoxy) is 1. The van der Waals surface area contributed by atoms with Crippen molar-refractivity contribution < 1.29 is 20.1 Å². The molecule has 0 aromatic heterocycles. The van der Waals surface area contributed by atoms with Gasteiger partial charge in [-0.15, -0.1) is 0 Å². The lowest BCUT2D eigenvalue weighted by molar-refractivity contribution is -0.140. The minimum Gasteiger partial charge on any atom is -0.396 e. The minimum absolute atomic E-state index is 0.00493. The average molecular weight is 188 g/mol. The van der Waals surface area contributed by atoms with Gasteiger partial charge in [-0.1, -0.05) is 0 Å². The zero-order valence-corrected chi connectivity index (χ0v) is 7.57. The SMILES string of the molecule is OCCC12CCC(CO1)C2(O)CO. The molecule has 0 amide bonds. The molecule has 2 aliphatic rings. The van der Waals surface area contributed by atoms with Gasteiger partial charge in [0, 0.05) is 18.9 Å². The molecule has 3 unspecified atom stereocenters. The lowest BCUT2D eigenvalue weighted by Gasteiger charge is -2.36. The van der Waals surface area contributed by atoms with E-state index in [1.54, 1.807) is 0 Å². The maximum Gasteiger partial charge on any atom is 0.122 e. The summed E-state index contributed by atoms with van der Waals surface area (Å²) in [6.45, 7) is 0.240. The van der Waals surface area contributed by atoms with Crippen molar-refractivity contribution in [3.63, 3.8) is 0 Å². The van der Waals surface area contributed by atoms with Gasteiger partial charge in [-0.05, 0) is 12.8 Å². The van der Waals surface area contributed by atoms with E-state index in [1.165, 1.54) is 0 Å². The maximum absolute atomic E-state index is 10.2. The lowest BCUT2D eigenvalue weighted by atomic mass is 9.82. The van der Waals surface area contributed by atoms with Crippen molar-refractivity contribution in [1.82, 2.24) is 0 Å². The fourth-order valence-corrected chi connectivity index (χ4v) is 2.78. The molecule has 4 nitrogen and oxygen atoms in total. The molecule has 2 fully saturated rings. The molecular weight excluding hydrogens is 172 g/mol. The Hall–Kier alpha value is -0.160. The van der Waals surface area contributed by atoms with Gasteiger partial charge < -0.3 is 20.1 Å². The highest BCUT2D eigenvalue weighted by molar-refractivity contribution is 5.14. The molecule has 4 heteroatoms. The summed E-state index contributed by atoms with van der Waals surface area (Å²) in [7, 11) is 0.